The third-order valence-corrected chi connectivity index (χ3v) is 5.86. The van der Waals surface area contributed by atoms with Crippen LogP contribution >= 0.6 is 0 Å². The minimum Gasteiger partial charge on any atom is -0.497 e. The molecule has 2 amide bonds. The van der Waals surface area contributed by atoms with E-state index < -0.39 is 0 Å². The van der Waals surface area contributed by atoms with Gasteiger partial charge in [-0.2, -0.15) is 0 Å². The molecule has 2 aliphatic rings. The summed E-state index contributed by atoms with van der Waals surface area (Å²) >= 11 is 0. The number of rotatable bonds is 4. The lowest BCUT2D eigenvalue weighted by Gasteiger charge is -2.37. The smallest absolute Gasteiger partial charge is 0.242 e. The van der Waals surface area contributed by atoms with Gasteiger partial charge in [-0.05, 0) is 48.1 Å². The maximum Gasteiger partial charge on any atom is 0.242 e. The van der Waals surface area contributed by atoms with Crippen molar-refractivity contribution in [1.29, 1.82) is 0 Å². The monoisotopic (exact) mass is 378 g/mol. The number of methoxy groups -OCH3 is 1. The van der Waals surface area contributed by atoms with Crippen LogP contribution in [0.5, 0.6) is 5.75 Å². The van der Waals surface area contributed by atoms with Crippen molar-refractivity contribution in [2.45, 2.75) is 25.8 Å². The third-order valence-electron chi connectivity index (χ3n) is 5.86. The Morgan fingerprint density at radius 1 is 1.07 bits per heavy atom. The normalized spacial score (nSPS) is 19.3. The highest BCUT2D eigenvalue weighted by molar-refractivity contribution is 5.87. The van der Waals surface area contributed by atoms with E-state index in [-0.39, 0.29) is 24.3 Å². The second-order valence-corrected chi connectivity index (χ2v) is 7.63. The van der Waals surface area contributed by atoms with Gasteiger partial charge < -0.3 is 14.5 Å². The average molecular weight is 378 g/mol. The number of hydrogen-bond acceptors (Lipinski definition) is 3. The van der Waals surface area contributed by atoms with E-state index in [0.717, 1.165) is 30.6 Å². The van der Waals surface area contributed by atoms with Gasteiger partial charge in [-0.3, -0.25) is 9.59 Å². The van der Waals surface area contributed by atoms with Gasteiger partial charge in [0, 0.05) is 25.6 Å². The summed E-state index contributed by atoms with van der Waals surface area (Å²) in [6.07, 6.45) is 2.60. The molecule has 1 fully saturated rings. The third kappa shape index (κ3) is 3.88. The fraction of sp³-hybridized carbons (Fsp3) is 0.391. The quantitative estimate of drug-likeness (QED) is 0.822. The number of fused-ring (bicyclic) bond motifs is 1. The molecule has 0 bridgehead atoms. The van der Waals surface area contributed by atoms with Crippen LogP contribution in [-0.4, -0.2) is 48.4 Å². The van der Waals surface area contributed by atoms with Gasteiger partial charge in [0.25, 0.3) is 0 Å². The number of ether oxygens (including phenoxy) is 1. The first-order valence-corrected chi connectivity index (χ1v) is 9.90. The van der Waals surface area contributed by atoms with Crippen molar-refractivity contribution < 1.29 is 14.3 Å². The molecule has 0 spiro atoms. The Kier molecular flexibility index (Phi) is 5.33. The van der Waals surface area contributed by atoms with Crippen LogP contribution in [0, 0.1) is 5.92 Å². The summed E-state index contributed by atoms with van der Waals surface area (Å²) < 4.78 is 5.18. The second kappa shape index (κ2) is 8.05. The Morgan fingerprint density at radius 2 is 1.82 bits per heavy atom. The number of nitrogens with zero attached hydrogens (tertiary/aromatic N) is 2. The number of hydrogen-bond donors (Lipinski definition) is 0. The molecule has 0 unspecified atom stereocenters. The highest BCUT2D eigenvalue weighted by Gasteiger charge is 2.32. The van der Waals surface area contributed by atoms with Gasteiger partial charge in [0.15, 0.2) is 0 Å². The number of carbonyl (C=O) groups is 2. The van der Waals surface area contributed by atoms with Gasteiger partial charge >= 0.3 is 0 Å². The Bertz CT molecular complexity index is 862. The lowest BCUT2D eigenvalue weighted by atomic mass is 9.83. The molecule has 1 atom stereocenters. The zero-order chi connectivity index (χ0) is 19.5. The first-order chi connectivity index (χ1) is 13.6. The van der Waals surface area contributed by atoms with Crippen LogP contribution in [0.25, 0.3) is 0 Å². The topological polar surface area (TPSA) is 49.9 Å². The van der Waals surface area contributed by atoms with Gasteiger partial charge in [0.2, 0.25) is 11.8 Å². The summed E-state index contributed by atoms with van der Waals surface area (Å²) in [6, 6.07) is 16.1. The van der Waals surface area contributed by atoms with Gasteiger partial charge in [0.05, 0.1) is 13.7 Å². The van der Waals surface area contributed by atoms with Gasteiger partial charge in [-0.25, -0.2) is 0 Å². The van der Waals surface area contributed by atoms with E-state index in [9.17, 15) is 9.59 Å². The molecule has 28 heavy (non-hydrogen) atoms. The lowest BCUT2D eigenvalue weighted by Crippen LogP contribution is -2.53. The first kappa shape index (κ1) is 18.5. The van der Waals surface area contributed by atoms with Crippen LogP contribution < -0.4 is 4.74 Å². The molecule has 2 aromatic carbocycles. The molecule has 146 valence electrons. The fourth-order valence-corrected chi connectivity index (χ4v) is 4.18. The Labute approximate surface area is 165 Å². The van der Waals surface area contributed by atoms with Crippen molar-refractivity contribution in [1.82, 2.24) is 9.80 Å². The maximum atomic E-state index is 13.0. The van der Waals surface area contributed by atoms with Crippen molar-refractivity contribution in [2.24, 2.45) is 5.92 Å². The predicted octanol–water partition coefficient (Wildman–Crippen LogP) is 2.67. The van der Waals surface area contributed by atoms with Gasteiger partial charge in [0.1, 0.15) is 5.75 Å². The van der Waals surface area contributed by atoms with Crippen molar-refractivity contribution in [3.63, 3.8) is 0 Å². The molecule has 1 saturated heterocycles. The Morgan fingerprint density at radius 3 is 2.54 bits per heavy atom. The van der Waals surface area contributed by atoms with Gasteiger partial charge in [-0.15, -0.1) is 0 Å². The standard InChI is InChI=1S/C23H26N2O3/c1-28-21-10-6-17(7-11-21)15-24-12-13-25(16-22(24)26)23(27)20-9-8-18-4-2-3-5-19(18)14-20/h2-7,10-11,20H,8-9,12-16H2,1H3/t20-/m0/s1. The second-order valence-electron chi connectivity index (χ2n) is 7.63. The van der Waals surface area contributed by atoms with Gasteiger partial charge in [-0.1, -0.05) is 36.4 Å². The van der Waals surface area contributed by atoms with Crippen molar-refractivity contribution in [2.75, 3.05) is 26.7 Å². The van der Waals surface area contributed by atoms with Crippen LogP contribution in [0.3, 0.4) is 0 Å². The summed E-state index contributed by atoms with van der Waals surface area (Å²) in [5.74, 6) is 0.953. The summed E-state index contributed by atoms with van der Waals surface area (Å²) in [4.78, 5) is 29.2. The number of benzene rings is 2. The summed E-state index contributed by atoms with van der Waals surface area (Å²) in [7, 11) is 1.64. The van der Waals surface area contributed by atoms with Crippen molar-refractivity contribution in [3.05, 3.63) is 65.2 Å². The Balaban J connectivity index is 1.34. The van der Waals surface area contributed by atoms with E-state index in [0.29, 0.717) is 19.6 Å². The zero-order valence-electron chi connectivity index (χ0n) is 16.3. The largest absolute Gasteiger partial charge is 0.497 e. The molecule has 1 heterocycles. The molecule has 0 radical (unpaired) electrons. The predicted molar refractivity (Wildman–Crippen MR) is 107 cm³/mol. The van der Waals surface area contributed by atoms with Crippen LogP contribution in [0.15, 0.2) is 48.5 Å². The highest BCUT2D eigenvalue weighted by atomic mass is 16.5. The molecule has 4 rings (SSSR count). The molecule has 2 aromatic rings. The van der Waals surface area contributed by atoms with E-state index in [1.165, 1.54) is 11.1 Å². The van der Waals surface area contributed by atoms with E-state index in [2.05, 4.69) is 18.2 Å². The summed E-state index contributed by atoms with van der Waals surface area (Å²) in [5.41, 5.74) is 3.70. The van der Waals surface area contributed by atoms with E-state index in [1.807, 2.05) is 35.2 Å². The molecule has 1 aliphatic heterocycles. The minimum absolute atomic E-state index is 0.00385. The number of aryl methyl sites for hydroxylation is 1. The van der Waals surface area contributed by atoms with Crippen LogP contribution in [-0.2, 0) is 29.0 Å². The fourth-order valence-electron chi connectivity index (χ4n) is 4.18. The molecule has 5 nitrogen and oxygen atoms in total. The minimum atomic E-state index is -0.00385. The Hall–Kier alpha value is -2.82. The number of amides is 2. The first-order valence-electron chi connectivity index (χ1n) is 9.90. The number of piperazine rings is 1. The highest BCUT2D eigenvalue weighted by Crippen LogP contribution is 2.27. The zero-order valence-corrected chi connectivity index (χ0v) is 16.3. The summed E-state index contributed by atoms with van der Waals surface area (Å²) in [5, 5.41) is 0. The molecule has 0 aromatic heterocycles. The molecule has 0 N–H and O–H groups in total. The lowest BCUT2D eigenvalue weighted by molar-refractivity contribution is -0.148. The molecular weight excluding hydrogens is 352 g/mol. The number of carbonyl (C=O) groups excluding carboxylic acids is 2. The molecule has 5 heteroatoms. The SMILES string of the molecule is COc1ccc(CN2CCN(C(=O)[C@H]3CCc4ccccc4C3)CC2=O)cc1. The molecule has 1 aliphatic carbocycles. The van der Waals surface area contributed by atoms with Crippen molar-refractivity contribution >= 4 is 11.8 Å². The average Bonchev–Trinajstić information content (AvgIpc) is 2.75. The van der Waals surface area contributed by atoms with Crippen molar-refractivity contribution in [3.8, 4) is 5.75 Å². The maximum absolute atomic E-state index is 13.0. The van der Waals surface area contributed by atoms with Crippen LogP contribution in [0.4, 0.5) is 0 Å². The van der Waals surface area contributed by atoms with E-state index in [4.69, 9.17) is 4.74 Å². The molecule has 0 saturated carbocycles. The summed E-state index contributed by atoms with van der Waals surface area (Å²) in [6.45, 7) is 1.95. The van der Waals surface area contributed by atoms with Crippen LogP contribution in [0.1, 0.15) is 23.1 Å². The van der Waals surface area contributed by atoms with Crippen LogP contribution in [0.2, 0.25) is 0 Å². The van der Waals surface area contributed by atoms with E-state index >= 15 is 0 Å². The molecular formula is C23H26N2O3. The van der Waals surface area contributed by atoms with E-state index in [1.54, 1.807) is 12.0 Å².